The molecule has 0 unspecified atom stereocenters. The van der Waals surface area contributed by atoms with Gasteiger partial charge in [-0.05, 0) is 11.8 Å². The summed E-state index contributed by atoms with van der Waals surface area (Å²) in [5.74, 6) is 0.653. The van der Waals surface area contributed by atoms with E-state index in [0.29, 0.717) is 0 Å². The summed E-state index contributed by atoms with van der Waals surface area (Å²) in [6.07, 6.45) is 7.03. The maximum atomic E-state index is 12.2. The Balaban J connectivity index is 1.77. The van der Waals surface area contributed by atoms with E-state index in [0.717, 1.165) is 34.9 Å². The number of fused-ring (bicyclic) bond motifs is 3. The monoisotopic (exact) mass is 282 g/mol. The average Bonchev–Trinajstić information content (AvgIpc) is 2.83. The molecule has 1 heterocycles. The maximum Gasteiger partial charge on any atom is 0.318 e. The number of benzene rings is 2. The Labute approximate surface area is 126 Å². The van der Waals surface area contributed by atoms with Crippen molar-refractivity contribution in [2.45, 2.75) is 51.4 Å². The largest absolute Gasteiger partial charge is 0.425 e. The smallest absolute Gasteiger partial charge is 0.318 e. The molecule has 0 bridgehead atoms. The highest BCUT2D eigenvalue weighted by molar-refractivity contribution is 5.97. The highest BCUT2D eigenvalue weighted by Crippen LogP contribution is 2.42. The average molecular weight is 282 g/mol. The zero-order valence-corrected chi connectivity index (χ0v) is 12.6. The van der Waals surface area contributed by atoms with Crippen LogP contribution in [-0.2, 0) is 4.79 Å². The first-order chi connectivity index (χ1) is 10.3. The summed E-state index contributed by atoms with van der Waals surface area (Å²) in [5.41, 5.74) is 1.08. The van der Waals surface area contributed by atoms with Gasteiger partial charge in [-0.25, -0.2) is 0 Å². The van der Waals surface area contributed by atoms with Gasteiger partial charge in [0.1, 0.15) is 5.75 Å². The van der Waals surface area contributed by atoms with Gasteiger partial charge in [0.15, 0.2) is 0 Å². The van der Waals surface area contributed by atoms with Gasteiger partial charge in [-0.1, -0.05) is 75.4 Å². The van der Waals surface area contributed by atoms with Crippen LogP contribution in [0.4, 0.5) is 0 Å². The van der Waals surface area contributed by atoms with Crippen LogP contribution in [0.2, 0.25) is 0 Å². The Hall–Kier alpha value is -1.83. The number of unbranched alkanes of at least 4 members (excludes halogenated alkanes) is 4. The van der Waals surface area contributed by atoms with Crippen molar-refractivity contribution in [3.8, 4) is 5.75 Å². The highest BCUT2D eigenvalue weighted by atomic mass is 16.5. The van der Waals surface area contributed by atoms with Crippen LogP contribution in [0.3, 0.4) is 0 Å². The summed E-state index contributed by atoms with van der Waals surface area (Å²) >= 11 is 0. The molecule has 0 saturated heterocycles. The molecule has 2 heteroatoms. The van der Waals surface area contributed by atoms with E-state index in [-0.39, 0.29) is 11.9 Å². The van der Waals surface area contributed by atoms with Crippen molar-refractivity contribution in [3.05, 3.63) is 42.0 Å². The predicted molar refractivity (Wildman–Crippen MR) is 85.7 cm³/mol. The SMILES string of the molecule is CCCCCCC[C@@H]1C(=O)Oc2c1ccc1ccccc21. The molecule has 2 aromatic rings. The minimum atomic E-state index is -0.0724. The van der Waals surface area contributed by atoms with E-state index in [4.69, 9.17) is 4.74 Å². The van der Waals surface area contributed by atoms with Gasteiger partial charge in [0.2, 0.25) is 0 Å². The van der Waals surface area contributed by atoms with E-state index in [1.54, 1.807) is 0 Å². The van der Waals surface area contributed by atoms with E-state index in [1.165, 1.54) is 25.7 Å². The van der Waals surface area contributed by atoms with Crippen molar-refractivity contribution >= 4 is 16.7 Å². The third kappa shape index (κ3) is 2.80. The van der Waals surface area contributed by atoms with Crippen molar-refractivity contribution in [2.24, 2.45) is 0 Å². The molecule has 2 aromatic carbocycles. The Kier molecular flexibility index (Phi) is 4.23. The molecular formula is C19H22O2. The van der Waals surface area contributed by atoms with E-state index in [9.17, 15) is 4.79 Å². The van der Waals surface area contributed by atoms with Gasteiger partial charge >= 0.3 is 5.97 Å². The number of carbonyl (C=O) groups is 1. The first kappa shape index (κ1) is 14.1. The number of carbonyl (C=O) groups excluding carboxylic acids is 1. The zero-order valence-electron chi connectivity index (χ0n) is 12.6. The molecule has 1 aliphatic heterocycles. The van der Waals surface area contributed by atoms with Crippen LogP contribution in [0.25, 0.3) is 10.8 Å². The number of hydrogen-bond acceptors (Lipinski definition) is 2. The van der Waals surface area contributed by atoms with E-state index in [1.807, 2.05) is 18.2 Å². The van der Waals surface area contributed by atoms with Crippen LogP contribution in [-0.4, -0.2) is 5.97 Å². The second-order valence-electron chi connectivity index (χ2n) is 5.88. The van der Waals surface area contributed by atoms with Crippen molar-refractivity contribution in [1.82, 2.24) is 0 Å². The van der Waals surface area contributed by atoms with Gasteiger partial charge in [0.05, 0.1) is 5.92 Å². The third-order valence-electron chi connectivity index (χ3n) is 4.37. The maximum absolute atomic E-state index is 12.2. The molecule has 1 atom stereocenters. The second-order valence-corrected chi connectivity index (χ2v) is 5.88. The molecule has 0 aliphatic carbocycles. The summed E-state index contributed by atoms with van der Waals surface area (Å²) in [7, 11) is 0. The van der Waals surface area contributed by atoms with Crippen LogP contribution in [0.1, 0.15) is 56.9 Å². The standard InChI is InChI=1S/C19H22O2/c1-2-3-4-5-6-11-17-16-13-12-14-9-7-8-10-15(14)18(16)21-19(17)20/h7-10,12-13,17H,2-6,11H2,1H3/t17-/m0/s1. The Bertz CT molecular complexity index is 645. The third-order valence-corrected chi connectivity index (χ3v) is 4.37. The fraction of sp³-hybridized carbons (Fsp3) is 0.421. The molecular weight excluding hydrogens is 260 g/mol. The van der Waals surface area contributed by atoms with Gasteiger partial charge in [-0.3, -0.25) is 4.79 Å². The number of esters is 1. The van der Waals surface area contributed by atoms with Gasteiger partial charge in [-0.15, -0.1) is 0 Å². The zero-order chi connectivity index (χ0) is 14.7. The van der Waals surface area contributed by atoms with E-state index in [2.05, 4.69) is 25.1 Å². The molecule has 0 N–H and O–H groups in total. The fourth-order valence-corrected chi connectivity index (χ4v) is 3.17. The summed E-state index contributed by atoms with van der Waals surface area (Å²) < 4.78 is 5.57. The predicted octanol–water partition coefficient (Wildman–Crippen LogP) is 5.20. The lowest BCUT2D eigenvalue weighted by Gasteiger charge is -2.07. The number of hydrogen-bond donors (Lipinski definition) is 0. The Morgan fingerprint density at radius 2 is 1.81 bits per heavy atom. The van der Waals surface area contributed by atoms with Crippen molar-refractivity contribution in [1.29, 1.82) is 0 Å². The lowest BCUT2D eigenvalue weighted by Crippen LogP contribution is -2.10. The Morgan fingerprint density at radius 1 is 1.00 bits per heavy atom. The minimum Gasteiger partial charge on any atom is -0.425 e. The van der Waals surface area contributed by atoms with E-state index >= 15 is 0 Å². The van der Waals surface area contributed by atoms with Crippen molar-refractivity contribution in [3.63, 3.8) is 0 Å². The van der Waals surface area contributed by atoms with Crippen LogP contribution in [0.15, 0.2) is 36.4 Å². The summed E-state index contributed by atoms with van der Waals surface area (Å²) in [4.78, 5) is 12.2. The molecule has 0 radical (unpaired) electrons. The quantitative estimate of drug-likeness (QED) is 0.413. The molecule has 0 fully saturated rings. The second kappa shape index (κ2) is 6.30. The molecule has 0 spiro atoms. The first-order valence-corrected chi connectivity index (χ1v) is 8.04. The molecule has 0 amide bonds. The molecule has 0 aromatic heterocycles. The van der Waals surface area contributed by atoms with E-state index < -0.39 is 0 Å². The minimum absolute atomic E-state index is 0.0637. The molecule has 3 rings (SSSR count). The van der Waals surface area contributed by atoms with Gasteiger partial charge < -0.3 is 4.74 Å². The van der Waals surface area contributed by atoms with Gasteiger partial charge in [0.25, 0.3) is 0 Å². The molecule has 0 saturated carbocycles. The first-order valence-electron chi connectivity index (χ1n) is 8.04. The number of ether oxygens (including phenoxy) is 1. The molecule has 1 aliphatic rings. The molecule has 2 nitrogen and oxygen atoms in total. The van der Waals surface area contributed by atoms with Crippen LogP contribution < -0.4 is 4.74 Å². The van der Waals surface area contributed by atoms with Gasteiger partial charge in [0, 0.05) is 10.9 Å². The van der Waals surface area contributed by atoms with Crippen LogP contribution in [0, 0.1) is 0 Å². The van der Waals surface area contributed by atoms with Crippen LogP contribution >= 0.6 is 0 Å². The summed E-state index contributed by atoms with van der Waals surface area (Å²) in [5, 5.41) is 2.18. The van der Waals surface area contributed by atoms with Crippen LogP contribution in [0.5, 0.6) is 5.75 Å². The van der Waals surface area contributed by atoms with Crippen molar-refractivity contribution in [2.75, 3.05) is 0 Å². The summed E-state index contributed by atoms with van der Waals surface area (Å²) in [6.45, 7) is 2.22. The highest BCUT2D eigenvalue weighted by Gasteiger charge is 2.33. The summed E-state index contributed by atoms with van der Waals surface area (Å²) in [6, 6.07) is 12.3. The normalized spacial score (nSPS) is 17.0. The Morgan fingerprint density at radius 3 is 2.67 bits per heavy atom. The molecule has 110 valence electrons. The van der Waals surface area contributed by atoms with Crippen molar-refractivity contribution < 1.29 is 9.53 Å². The molecule has 21 heavy (non-hydrogen) atoms. The fourth-order valence-electron chi connectivity index (χ4n) is 3.17. The lowest BCUT2D eigenvalue weighted by atomic mass is 9.92. The van der Waals surface area contributed by atoms with Gasteiger partial charge in [-0.2, -0.15) is 0 Å². The number of rotatable bonds is 6. The lowest BCUT2D eigenvalue weighted by molar-refractivity contribution is -0.134. The topological polar surface area (TPSA) is 26.3 Å².